The Morgan fingerprint density at radius 2 is 1.71 bits per heavy atom. The summed E-state index contributed by atoms with van der Waals surface area (Å²) in [5, 5.41) is 10.6. The van der Waals surface area contributed by atoms with E-state index in [2.05, 4.69) is 0 Å². The van der Waals surface area contributed by atoms with Crippen LogP contribution in [0.5, 0.6) is 0 Å². The molecule has 1 N–H and O–H groups in total. The van der Waals surface area contributed by atoms with Crippen LogP contribution in [0.25, 0.3) is 0 Å². The largest absolute Gasteiger partial charge is 0.390 e. The van der Waals surface area contributed by atoms with Gasteiger partial charge < -0.3 is 9.84 Å². The van der Waals surface area contributed by atoms with Gasteiger partial charge in [0.2, 0.25) is 0 Å². The minimum atomic E-state index is -0.887. The Kier molecular flexibility index (Phi) is 5.71. The Hall–Kier alpha value is -1.00. The second-order valence-electron chi connectivity index (χ2n) is 5.83. The SMILES string of the molecule is CCOC1(C(O)Cc2c(F)cccc2F)CCCCCC1. The molecule has 4 heteroatoms. The lowest BCUT2D eigenvalue weighted by Gasteiger charge is -2.37. The van der Waals surface area contributed by atoms with E-state index in [0.29, 0.717) is 6.61 Å². The fraction of sp³-hybridized carbons (Fsp3) is 0.647. The van der Waals surface area contributed by atoms with E-state index in [1.165, 1.54) is 18.2 Å². The summed E-state index contributed by atoms with van der Waals surface area (Å²) in [6, 6.07) is 3.79. The van der Waals surface area contributed by atoms with Crippen molar-refractivity contribution in [1.82, 2.24) is 0 Å². The summed E-state index contributed by atoms with van der Waals surface area (Å²) >= 11 is 0. The molecule has 0 saturated heterocycles. The number of aliphatic hydroxyl groups excluding tert-OH is 1. The molecule has 1 atom stereocenters. The summed E-state index contributed by atoms with van der Waals surface area (Å²) < 4.78 is 33.4. The van der Waals surface area contributed by atoms with Gasteiger partial charge in [0, 0.05) is 18.6 Å². The highest BCUT2D eigenvalue weighted by atomic mass is 19.1. The van der Waals surface area contributed by atoms with Crippen molar-refractivity contribution in [3.8, 4) is 0 Å². The zero-order valence-electron chi connectivity index (χ0n) is 12.6. The van der Waals surface area contributed by atoms with Gasteiger partial charge in [0.1, 0.15) is 11.6 Å². The zero-order valence-corrected chi connectivity index (χ0v) is 12.6. The van der Waals surface area contributed by atoms with Crippen molar-refractivity contribution < 1.29 is 18.6 Å². The highest BCUT2D eigenvalue weighted by molar-refractivity contribution is 5.21. The summed E-state index contributed by atoms with van der Waals surface area (Å²) in [6.07, 6.45) is 4.77. The highest BCUT2D eigenvalue weighted by Crippen LogP contribution is 2.35. The normalized spacial score (nSPS) is 20.0. The summed E-state index contributed by atoms with van der Waals surface area (Å²) in [7, 11) is 0. The molecule has 1 aliphatic carbocycles. The molecule has 1 fully saturated rings. The third kappa shape index (κ3) is 3.80. The predicted octanol–water partition coefficient (Wildman–Crippen LogP) is 4.00. The molecule has 0 spiro atoms. The molecule has 21 heavy (non-hydrogen) atoms. The Morgan fingerprint density at radius 1 is 1.14 bits per heavy atom. The molecule has 2 rings (SSSR count). The number of benzene rings is 1. The van der Waals surface area contributed by atoms with E-state index in [4.69, 9.17) is 4.74 Å². The fourth-order valence-electron chi connectivity index (χ4n) is 3.29. The van der Waals surface area contributed by atoms with Crippen molar-refractivity contribution in [2.24, 2.45) is 0 Å². The lowest BCUT2D eigenvalue weighted by atomic mass is 9.84. The number of rotatable bonds is 5. The summed E-state index contributed by atoms with van der Waals surface area (Å²) in [4.78, 5) is 0. The molecule has 1 aromatic carbocycles. The van der Waals surface area contributed by atoms with Crippen molar-refractivity contribution >= 4 is 0 Å². The van der Waals surface area contributed by atoms with Gasteiger partial charge in [-0.15, -0.1) is 0 Å². The second kappa shape index (κ2) is 7.32. The van der Waals surface area contributed by atoms with Crippen molar-refractivity contribution in [1.29, 1.82) is 0 Å². The first-order chi connectivity index (χ1) is 10.1. The van der Waals surface area contributed by atoms with E-state index in [0.717, 1.165) is 38.5 Å². The van der Waals surface area contributed by atoms with Gasteiger partial charge in [-0.25, -0.2) is 8.78 Å². The third-order valence-electron chi connectivity index (χ3n) is 4.45. The smallest absolute Gasteiger partial charge is 0.129 e. The maximum Gasteiger partial charge on any atom is 0.129 e. The molecule has 1 aliphatic rings. The molecule has 0 aromatic heterocycles. The molecule has 1 unspecified atom stereocenters. The van der Waals surface area contributed by atoms with E-state index in [-0.39, 0.29) is 12.0 Å². The molecular weight excluding hydrogens is 274 g/mol. The van der Waals surface area contributed by atoms with Crippen molar-refractivity contribution in [2.75, 3.05) is 6.61 Å². The molecule has 1 aromatic rings. The minimum absolute atomic E-state index is 0.0431. The molecule has 2 nitrogen and oxygen atoms in total. The Balaban J connectivity index is 2.20. The van der Waals surface area contributed by atoms with Crippen LogP contribution >= 0.6 is 0 Å². The molecule has 0 amide bonds. The number of aliphatic hydroxyl groups is 1. The van der Waals surface area contributed by atoms with Gasteiger partial charge in [-0.2, -0.15) is 0 Å². The highest BCUT2D eigenvalue weighted by Gasteiger charge is 2.39. The minimum Gasteiger partial charge on any atom is -0.390 e. The van der Waals surface area contributed by atoms with Crippen LogP contribution in [0.15, 0.2) is 18.2 Å². The summed E-state index contributed by atoms with van der Waals surface area (Å²) in [5.41, 5.74) is -0.715. The van der Waals surface area contributed by atoms with Crippen LogP contribution in [0.2, 0.25) is 0 Å². The molecule has 1 saturated carbocycles. The first-order valence-electron chi connectivity index (χ1n) is 7.84. The monoisotopic (exact) mass is 298 g/mol. The number of ether oxygens (including phenoxy) is 1. The molecule has 0 bridgehead atoms. The van der Waals surface area contributed by atoms with Crippen molar-refractivity contribution in [2.45, 2.75) is 63.6 Å². The maximum absolute atomic E-state index is 13.8. The van der Waals surface area contributed by atoms with Crippen LogP contribution in [-0.4, -0.2) is 23.4 Å². The van der Waals surface area contributed by atoms with Gasteiger partial charge >= 0.3 is 0 Å². The van der Waals surface area contributed by atoms with Crippen molar-refractivity contribution in [3.63, 3.8) is 0 Å². The Morgan fingerprint density at radius 3 is 2.24 bits per heavy atom. The van der Waals surface area contributed by atoms with Gasteiger partial charge in [-0.1, -0.05) is 31.7 Å². The Bertz CT molecular complexity index is 434. The first kappa shape index (κ1) is 16.4. The van der Waals surface area contributed by atoms with E-state index >= 15 is 0 Å². The van der Waals surface area contributed by atoms with Crippen LogP contribution in [0.3, 0.4) is 0 Å². The molecule has 0 heterocycles. The van der Waals surface area contributed by atoms with Gasteiger partial charge in [0.15, 0.2) is 0 Å². The zero-order chi connectivity index (χ0) is 15.3. The van der Waals surface area contributed by atoms with Crippen LogP contribution in [-0.2, 0) is 11.2 Å². The van der Waals surface area contributed by atoms with Gasteiger partial charge in [0.05, 0.1) is 11.7 Å². The van der Waals surface area contributed by atoms with Crippen LogP contribution in [0.1, 0.15) is 51.0 Å². The second-order valence-corrected chi connectivity index (χ2v) is 5.83. The summed E-state index contributed by atoms with van der Waals surface area (Å²) in [6.45, 7) is 2.39. The van der Waals surface area contributed by atoms with Gasteiger partial charge in [0.25, 0.3) is 0 Å². The fourth-order valence-corrected chi connectivity index (χ4v) is 3.29. The molecule has 0 aliphatic heterocycles. The van der Waals surface area contributed by atoms with Crippen LogP contribution < -0.4 is 0 Å². The summed E-state index contributed by atoms with van der Waals surface area (Å²) in [5.74, 6) is -1.20. The first-order valence-corrected chi connectivity index (χ1v) is 7.84. The number of hydrogen-bond acceptors (Lipinski definition) is 2. The third-order valence-corrected chi connectivity index (χ3v) is 4.45. The van der Waals surface area contributed by atoms with E-state index in [9.17, 15) is 13.9 Å². The van der Waals surface area contributed by atoms with E-state index in [1.807, 2.05) is 6.92 Å². The van der Waals surface area contributed by atoms with Gasteiger partial charge in [-0.05, 0) is 31.9 Å². The standard InChI is InChI=1S/C17H24F2O2/c1-2-21-17(10-5-3-4-6-11-17)16(20)12-13-14(18)8-7-9-15(13)19/h7-9,16,20H,2-6,10-12H2,1H3. The average molecular weight is 298 g/mol. The number of halogens is 2. The maximum atomic E-state index is 13.8. The predicted molar refractivity (Wildman–Crippen MR) is 78.1 cm³/mol. The molecular formula is C17H24F2O2. The van der Waals surface area contributed by atoms with E-state index in [1.54, 1.807) is 0 Å². The van der Waals surface area contributed by atoms with Crippen LogP contribution in [0, 0.1) is 11.6 Å². The lowest BCUT2D eigenvalue weighted by Crippen LogP contribution is -2.46. The number of hydrogen-bond donors (Lipinski definition) is 1. The molecule has 118 valence electrons. The topological polar surface area (TPSA) is 29.5 Å². The van der Waals surface area contributed by atoms with Gasteiger partial charge in [-0.3, -0.25) is 0 Å². The van der Waals surface area contributed by atoms with Crippen molar-refractivity contribution in [3.05, 3.63) is 35.4 Å². The quantitative estimate of drug-likeness (QED) is 0.833. The lowest BCUT2D eigenvalue weighted by molar-refractivity contribution is -0.128. The van der Waals surface area contributed by atoms with E-state index < -0.39 is 23.3 Å². The molecule has 0 radical (unpaired) electrons. The van der Waals surface area contributed by atoms with Crippen LogP contribution in [0.4, 0.5) is 8.78 Å². The Labute approximate surface area is 125 Å². The average Bonchev–Trinajstić information content (AvgIpc) is 2.70.